The van der Waals surface area contributed by atoms with Gasteiger partial charge in [0.1, 0.15) is 0 Å². The summed E-state index contributed by atoms with van der Waals surface area (Å²) in [4.78, 5) is 7.60. The van der Waals surface area contributed by atoms with Crippen molar-refractivity contribution in [1.82, 2.24) is 19.7 Å². The van der Waals surface area contributed by atoms with E-state index in [0.29, 0.717) is 11.0 Å². The molecule has 0 atom stereocenters. The van der Waals surface area contributed by atoms with Crippen LogP contribution in [0.3, 0.4) is 0 Å². The third kappa shape index (κ3) is 1.68. The van der Waals surface area contributed by atoms with E-state index >= 15 is 0 Å². The Hall–Kier alpha value is -1.21. The van der Waals surface area contributed by atoms with E-state index in [1.54, 1.807) is 7.05 Å². The van der Waals surface area contributed by atoms with Gasteiger partial charge >= 0.3 is 0 Å². The molecule has 80 valence electrons. The van der Waals surface area contributed by atoms with Crippen LogP contribution in [0.4, 0.5) is 0 Å². The zero-order valence-electron chi connectivity index (χ0n) is 7.97. The zero-order chi connectivity index (χ0) is 11.2. The molecule has 0 aliphatic carbocycles. The molecule has 6 nitrogen and oxygen atoms in total. The van der Waals surface area contributed by atoms with Gasteiger partial charge in [-0.15, -0.1) is 0 Å². The molecule has 2 aromatic rings. The van der Waals surface area contributed by atoms with Gasteiger partial charge in [-0.2, -0.15) is 10.1 Å². The van der Waals surface area contributed by atoms with E-state index < -0.39 is 9.84 Å². The largest absolute Gasteiger partial charge is 0.249 e. The fourth-order valence-corrected chi connectivity index (χ4v) is 1.90. The van der Waals surface area contributed by atoms with E-state index in [4.69, 9.17) is 11.6 Å². The molecule has 0 amide bonds. The fraction of sp³-hybridized carbons (Fsp3) is 0.286. The molecule has 0 aromatic carbocycles. The molecular weight excluding hydrogens is 240 g/mol. The van der Waals surface area contributed by atoms with Crippen molar-refractivity contribution in [3.63, 3.8) is 0 Å². The van der Waals surface area contributed by atoms with Gasteiger partial charge in [-0.25, -0.2) is 18.1 Å². The van der Waals surface area contributed by atoms with Crippen molar-refractivity contribution in [2.75, 3.05) is 6.26 Å². The molecule has 0 saturated carbocycles. The summed E-state index contributed by atoms with van der Waals surface area (Å²) in [5, 5.41) is 4.46. The van der Waals surface area contributed by atoms with E-state index in [0.717, 1.165) is 6.26 Å². The van der Waals surface area contributed by atoms with Crippen LogP contribution in [0.2, 0.25) is 5.15 Å². The first-order chi connectivity index (χ1) is 6.89. The molecule has 0 bridgehead atoms. The maximum absolute atomic E-state index is 11.2. The van der Waals surface area contributed by atoms with Crippen molar-refractivity contribution in [2.24, 2.45) is 7.05 Å². The molecule has 0 aliphatic heterocycles. The van der Waals surface area contributed by atoms with Gasteiger partial charge in [-0.3, -0.25) is 0 Å². The van der Waals surface area contributed by atoms with Gasteiger partial charge in [0.25, 0.3) is 0 Å². The molecule has 0 fully saturated rings. The van der Waals surface area contributed by atoms with Gasteiger partial charge in [-0.05, 0) is 0 Å². The molecule has 15 heavy (non-hydrogen) atoms. The first-order valence-corrected chi connectivity index (χ1v) is 6.22. The highest BCUT2D eigenvalue weighted by Crippen LogP contribution is 2.20. The molecule has 0 spiro atoms. The number of hydrogen-bond acceptors (Lipinski definition) is 5. The summed E-state index contributed by atoms with van der Waals surface area (Å²) in [6.45, 7) is 0. The van der Waals surface area contributed by atoms with E-state index in [1.807, 2.05) is 0 Å². The third-order valence-corrected chi connectivity index (χ3v) is 2.98. The van der Waals surface area contributed by atoms with Crippen LogP contribution in [0.1, 0.15) is 0 Å². The Morgan fingerprint density at radius 3 is 2.73 bits per heavy atom. The number of rotatable bonds is 1. The molecule has 2 rings (SSSR count). The maximum atomic E-state index is 11.2. The highest BCUT2D eigenvalue weighted by atomic mass is 35.5. The summed E-state index contributed by atoms with van der Waals surface area (Å²) in [5.41, 5.74) is 0.399. The van der Waals surface area contributed by atoms with Gasteiger partial charge in [0, 0.05) is 19.5 Å². The van der Waals surface area contributed by atoms with Crippen LogP contribution >= 0.6 is 11.6 Å². The van der Waals surface area contributed by atoms with Crippen LogP contribution in [0.5, 0.6) is 0 Å². The van der Waals surface area contributed by atoms with Gasteiger partial charge in [0.2, 0.25) is 15.0 Å². The lowest BCUT2D eigenvalue weighted by atomic mass is 10.4. The summed E-state index contributed by atoms with van der Waals surface area (Å²) in [7, 11) is -1.78. The molecule has 0 N–H and O–H groups in total. The van der Waals surface area contributed by atoms with Crippen LogP contribution in [0.15, 0.2) is 11.4 Å². The SMILES string of the molecule is Cn1nc(Cl)c2cnc(S(C)(=O)=O)nc21. The number of sulfone groups is 1. The maximum Gasteiger partial charge on any atom is 0.248 e. The minimum atomic E-state index is -3.41. The monoisotopic (exact) mass is 246 g/mol. The van der Waals surface area contributed by atoms with Crippen LogP contribution < -0.4 is 0 Å². The van der Waals surface area contributed by atoms with Gasteiger partial charge in [-0.1, -0.05) is 11.6 Å². The van der Waals surface area contributed by atoms with Crippen molar-refractivity contribution >= 4 is 32.5 Å². The molecule has 0 unspecified atom stereocenters. The average molecular weight is 247 g/mol. The minimum absolute atomic E-state index is 0.227. The molecule has 2 aromatic heterocycles. The average Bonchev–Trinajstić information content (AvgIpc) is 2.41. The second-order valence-electron chi connectivity index (χ2n) is 3.08. The first-order valence-electron chi connectivity index (χ1n) is 3.95. The lowest BCUT2D eigenvalue weighted by molar-refractivity contribution is 0.593. The van der Waals surface area contributed by atoms with Crippen LogP contribution in [-0.2, 0) is 16.9 Å². The predicted molar refractivity (Wildman–Crippen MR) is 54.4 cm³/mol. The molecule has 0 saturated heterocycles. The lowest BCUT2D eigenvalue weighted by Gasteiger charge is -1.96. The zero-order valence-corrected chi connectivity index (χ0v) is 9.54. The van der Waals surface area contributed by atoms with E-state index in [-0.39, 0.29) is 10.3 Å². The van der Waals surface area contributed by atoms with Crippen LogP contribution in [0, 0.1) is 0 Å². The normalized spacial score (nSPS) is 12.2. The van der Waals surface area contributed by atoms with Crippen LogP contribution in [0.25, 0.3) is 11.0 Å². The van der Waals surface area contributed by atoms with Gasteiger partial charge in [0.05, 0.1) is 5.39 Å². The number of halogens is 1. The van der Waals surface area contributed by atoms with E-state index in [9.17, 15) is 8.42 Å². The third-order valence-electron chi connectivity index (χ3n) is 1.84. The smallest absolute Gasteiger partial charge is 0.248 e. The van der Waals surface area contributed by atoms with Crippen molar-refractivity contribution in [3.8, 4) is 0 Å². The molecule has 0 radical (unpaired) electrons. The quantitative estimate of drug-likeness (QED) is 0.682. The summed E-state index contributed by atoms with van der Waals surface area (Å²) in [6.07, 6.45) is 2.40. The number of hydrogen-bond donors (Lipinski definition) is 0. The number of nitrogens with zero attached hydrogens (tertiary/aromatic N) is 4. The minimum Gasteiger partial charge on any atom is -0.249 e. The standard InChI is InChI=1S/C7H7ClN4O2S/c1-12-6-4(5(8)11-12)3-9-7(10-6)15(2,13)14/h3H,1-2H3. The molecule has 2 heterocycles. The summed E-state index contributed by atoms with van der Waals surface area (Å²) in [5.74, 6) is 0. The lowest BCUT2D eigenvalue weighted by Crippen LogP contribution is -2.04. The highest BCUT2D eigenvalue weighted by Gasteiger charge is 2.15. The molecular formula is C7H7ClN4O2S. The topological polar surface area (TPSA) is 77.7 Å². The van der Waals surface area contributed by atoms with Crippen LogP contribution in [-0.4, -0.2) is 34.4 Å². The Kier molecular flexibility index (Phi) is 2.16. The van der Waals surface area contributed by atoms with Crippen molar-refractivity contribution in [1.29, 1.82) is 0 Å². The van der Waals surface area contributed by atoms with E-state index in [2.05, 4.69) is 15.1 Å². The summed E-state index contributed by atoms with van der Waals surface area (Å²) in [6, 6.07) is 0. The van der Waals surface area contributed by atoms with Crippen molar-refractivity contribution in [2.45, 2.75) is 5.16 Å². The Labute approximate surface area is 90.8 Å². The predicted octanol–water partition coefficient (Wildman–Crippen LogP) is 0.420. The summed E-state index contributed by atoms with van der Waals surface area (Å²) >= 11 is 5.78. The molecule has 0 aliphatic rings. The number of fused-ring (bicyclic) bond motifs is 1. The Morgan fingerprint density at radius 1 is 1.47 bits per heavy atom. The highest BCUT2D eigenvalue weighted by molar-refractivity contribution is 7.90. The van der Waals surface area contributed by atoms with Crippen molar-refractivity contribution in [3.05, 3.63) is 11.3 Å². The summed E-state index contributed by atoms with van der Waals surface area (Å²) < 4.78 is 23.8. The second kappa shape index (κ2) is 3.14. The van der Waals surface area contributed by atoms with E-state index in [1.165, 1.54) is 10.9 Å². The number of aryl methyl sites for hydroxylation is 1. The first kappa shape index (κ1) is 10.3. The fourth-order valence-electron chi connectivity index (χ4n) is 1.16. The second-order valence-corrected chi connectivity index (χ2v) is 5.34. The Balaban J connectivity index is 2.82. The molecule has 8 heteroatoms. The Bertz CT molecular complexity index is 634. The number of aromatic nitrogens is 4. The Morgan fingerprint density at radius 2 is 2.13 bits per heavy atom. The van der Waals surface area contributed by atoms with Gasteiger partial charge < -0.3 is 0 Å². The van der Waals surface area contributed by atoms with Crippen molar-refractivity contribution < 1.29 is 8.42 Å². The van der Waals surface area contributed by atoms with Gasteiger partial charge in [0.15, 0.2) is 10.8 Å².